The monoisotopic (exact) mass is 222 g/mol. The highest BCUT2D eigenvalue weighted by molar-refractivity contribution is 4.79. The summed E-state index contributed by atoms with van der Waals surface area (Å²) in [5, 5.41) is 0. The lowest BCUT2D eigenvalue weighted by molar-refractivity contribution is 0.161. The first-order valence-electron chi connectivity index (χ1n) is 7.65. The molecule has 0 heteroatoms. The van der Waals surface area contributed by atoms with E-state index in [1.165, 1.54) is 44.9 Å². The molecule has 0 aromatic heterocycles. The molecule has 16 heavy (non-hydrogen) atoms. The van der Waals surface area contributed by atoms with Crippen molar-refractivity contribution in [1.29, 1.82) is 0 Å². The van der Waals surface area contributed by atoms with E-state index in [1.807, 2.05) is 0 Å². The van der Waals surface area contributed by atoms with Crippen molar-refractivity contribution >= 4 is 0 Å². The zero-order valence-corrected chi connectivity index (χ0v) is 11.5. The Labute approximate surface area is 102 Å². The second kappa shape index (κ2) is 5.56. The summed E-state index contributed by atoms with van der Waals surface area (Å²) in [5.41, 5.74) is 0. The van der Waals surface area contributed by atoms with Crippen molar-refractivity contribution in [3.8, 4) is 0 Å². The average Bonchev–Trinajstić information content (AvgIpc) is 2.27. The lowest BCUT2D eigenvalue weighted by Crippen LogP contribution is -2.24. The van der Waals surface area contributed by atoms with Crippen LogP contribution in [0.1, 0.15) is 72.1 Å². The summed E-state index contributed by atoms with van der Waals surface area (Å²) in [6.45, 7) is 7.35. The quantitative estimate of drug-likeness (QED) is 0.596. The van der Waals surface area contributed by atoms with Gasteiger partial charge in [0, 0.05) is 0 Å². The Morgan fingerprint density at radius 3 is 1.94 bits per heavy atom. The molecule has 0 aromatic carbocycles. The third kappa shape index (κ3) is 3.25. The highest BCUT2D eigenvalue weighted by Gasteiger charge is 2.27. The van der Waals surface area contributed by atoms with Gasteiger partial charge in [0.25, 0.3) is 0 Å². The molecule has 3 atom stereocenters. The SMILES string of the molecule is CC1CCC(CC2CCC(C)C(C)C2)CC1. The third-order valence-electron chi connectivity index (χ3n) is 5.51. The van der Waals surface area contributed by atoms with Gasteiger partial charge in [-0.2, -0.15) is 0 Å². The Hall–Kier alpha value is 0. The Kier molecular flexibility index (Phi) is 4.33. The molecule has 0 amide bonds. The van der Waals surface area contributed by atoms with Gasteiger partial charge < -0.3 is 0 Å². The van der Waals surface area contributed by atoms with E-state index >= 15 is 0 Å². The minimum atomic E-state index is 0.987. The summed E-state index contributed by atoms with van der Waals surface area (Å²) in [6, 6.07) is 0. The fraction of sp³-hybridized carbons (Fsp3) is 1.00. The van der Waals surface area contributed by atoms with Crippen LogP contribution in [0.2, 0.25) is 0 Å². The van der Waals surface area contributed by atoms with Crippen LogP contribution >= 0.6 is 0 Å². The maximum Gasteiger partial charge on any atom is -0.0409 e. The summed E-state index contributed by atoms with van der Waals surface area (Å²) in [6.07, 6.45) is 12.2. The Bertz CT molecular complexity index is 200. The van der Waals surface area contributed by atoms with Crippen molar-refractivity contribution in [2.45, 2.75) is 72.1 Å². The van der Waals surface area contributed by atoms with Gasteiger partial charge in [0.15, 0.2) is 0 Å². The van der Waals surface area contributed by atoms with Crippen molar-refractivity contribution in [3.05, 3.63) is 0 Å². The zero-order chi connectivity index (χ0) is 11.5. The molecular weight excluding hydrogens is 192 g/mol. The van der Waals surface area contributed by atoms with Gasteiger partial charge in [-0.05, 0) is 42.4 Å². The highest BCUT2D eigenvalue weighted by atomic mass is 14.3. The first-order valence-corrected chi connectivity index (χ1v) is 7.65. The van der Waals surface area contributed by atoms with E-state index < -0.39 is 0 Å². The van der Waals surface area contributed by atoms with Gasteiger partial charge in [0.05, 0.1) is 0 Å². The summed E-state index contributed by atoms with van der Waals surface area (Å²) >= 11 is 0. The molecule has 0 saturated heterocycles. The van der Waals surface area contributed by atoms with Gasteiger partial charge in [0.2, 0.25) is 0 Å². The van der Waals surface area contributed by atoms with E-state index in [1.54, 1.807) is 6.42 Å². The van der Waals surface area contributed by atoms with Crippen LogP contribution in [0.25, 0.3) is 0 Å². The van der Waals surface area contributed by atoms with Crippen molar-refractivity contribution in [2.75, 3.05) is 0 Å². The fourth-order valence-electron chi connectivity index (χ4n) is 3.91. The summed E-state index contributed by atoms with van der Waals surface area (Å²) in [4.78, 5) is 0. The normalized spacial score (nSPS) is 45.6. The van der Waals surface area contributed by atoms with Crippen LogP contribution in [0.4, 0.5) is 0 Å². The molecule has 2 rings (SSSR count). The molecule has 0 aliphatic heterocycles. The van der Waals surface area contributed by atoms with Crippen LogP contribution in [-0.4, -0.2) is 0 Å². The lowest BCUT2D eigenvalue weighted by atomic mass is 9.70. The van der Waals surface area contributed by atoms with E-state index in [0.717, 1.165) is 29.6 Å². The molecule has 0 spiro atoms. The minimum Gasteiger partial charge on any atom is -0.0625 e. The first kappa shape index (κ1) is 12.5. The van der Waals surface area contributed by atoms with Crippen molar-refractivity contribution < 1.29 is 0 Å². The van der Waals surface area contributed by atoms with Crippen molar-refractivity contribution in [1.82, 2.24) is 0 Å². The molecular formula is C16H30. The van der Waals surface area contributed by atoms with Crippen molar-refractivity contribution in [2.24, 2.45) is 29.6 Å². The van der Waals surface area contributed by atoms with Crippen LogP contribution in [0.15, 0.2) is 0 Å². The second-order valence-corrected chi connectivity index (χ2v) is 7.00. The standard InChI is InChI=1S/C16H30/c1-12-4-7-15(8-5-12)11-16-9-6-13(2)14(3)10-16/h12-16H,4-11H2,1-3H3. The first-order chi connectivity index (χ1) is 7.65. The summed E-state index contributed by atoms with van der Waals surface area (Å²) < 4.78 is 0. The van der Waals surface area contributed by atoms with Crippen LogP contribution in [-0.2, 0) is 0 Å². The number of rotatable bonds is 2. The number of hydrogen-bond donors (Lipinski definition) is 0. The molecule has 0 heterocycles. The smallest absolute Gasteiger partial charge is 0.0409 e. The molecule has 2 aliphatic rings. The Morgan fingerprint density at radius 2 is 1.31 bits per heavy atom. The molecule has 3 unspecified atom stereocenters. The maximum atomic E-state index is 2.47. The number of hydrogen-bond acceptors (Lipinski definition) is 0. The van der Waals surface area contributed by atoms with Gasteiger partial charge in [-0.25, -0.2) is 0 Å². The second-order valence-electron chi connectivity index (χ2n) is 7.00. The Morgan fingerprint density at radius 1 is 0.688 bits per heavy atom. The molecule has 2 saturated carbocycles. The van der Waals surface area contributed by atoms with Crippen LogP contribution in [0.3, 0.4) is 0 Å². The van der Waals surface area contributed by atoms with Crippen LogP contribution < -0.4 is 0 Å². The molecule has 94 valence electrons. The Balaban J connectivity index is 1.73. The summed E-state index contributed by atoms with van der Waals surface area (Å²) in [7, 11) is 0. The largest absolute Gasteiger partial charge is 0.0625 e. The van der Waals surface area contributed by atoms with E-state index in [2.05, 4.69) is 20.8 Å². The average molecular weight is 222 g/mol. The summed E-state index contributed by atoms with van der Waals surface area (Å²) in [5.74, 6) is 5.15. The van der Waals surface area contributed by atoms with E-state index in [9.17, 15) is 0 Å². The molecule has 0 bridgehead atoms. The topological polar surface area (TPSA) is 0 Å². The van der Waals surface area contributed by atoms with Crippen LogP contribution in [0.5, 0.6) is 0 Å². The molecule has 0 N–H and O–H groups in total. The molecule has 0 aromatic rings. The highest BCUT2D eigenvalue weighted by Crippen LogP contribution is 2.40. The van der Waals surface area contributed by atoms with Crippen LogP contribution in [0, 0.1) is 29.6 Å². The van der Waals surface area contributed by atoms with Gasteiger partial charge in [-0.3, -0.25) is 0 Å². The molecule has 0 radical (unpaired) electrons. The predicted octanol–water partition coefficient (Wildman–Crippen LogP) is 5.28. The van der Waals surface area contributed by atoms with Crippen molar-refractivity contribution in [3.63, 3.8) is 0 Å². The fourth-order valence-corrected chi connectivity index (χ4v) is 3.91. The van der Waals surface area contributed by atoms with Gasteiger partial charge in [0.1, 0.15) is 0 Å². The van der Waals surface area contributed by atoms with Gasteiger partial charge in [-0.1, -0.05) is 59.3 Å². The van der Waals surface area contributed by atoms with E-state index in [-0.39, 0.29) is 0 Å². The molecule has 2 fully saturated rings. The maximum absolute atomic E-state index is 2.47. The lowest BCUT2D eigenvalue weighted by Gasteiger charge is -2.35. The zero-order valence-electron chi connectivity index (χ0n) is 11.5. The minimum absolute atomic E-state index is 0.987. The molecule has 0 nitrogen and oxygen atoms in total. The van der Waals surface area contributed by atoms with E-state index in [4.69, 9.17) is 0 Å². The molecule has 2 aliphatic carbocycles. The predicted molar refractivity (Wildman–Crippen MR) is 71.4 cm³/mol. The third-order valence-corrected chi connectivity index (χ3v) is 5.51. The van der Waals surface area contributed by atoms with E-state index in [0.29, 0.717) is 0 Å². The van der Waals surface area contributed by atoms with Gasteiger partial charge >= 0.3 is 0 Å². The van der Waals surface area contributed by atoms with Gasteiger partial charge in [-0.15, -0.1) is 0 Å².